The maximum atomic E-state index is 11.3. The molecule has 1 unspecified atom stereocenters. The predicted octanol–water partition coefficient (Wildman–Crippen LogP) is 1.82. The van der Waals surface area contributed by atoms with Gasteiger partial charge in [0.15, 0.2) is 0 Å². The van der Waals surface area contributed by atoms with E-state index in [0.29, 0.717) is 12.5 Å². The van der Waals surface area contributed by atoms with Crippen LogP contribution in [0.4, 0.5) is 0 Å². The van der Waals surface area contributed by atoms with E-state index >= 15 is 0 Å². The Morgan fingerprint density at radius 1 is 1.50 bits per heavy atom. The van der Waals surface area contributed by atoms with Crippen LogP contribution in [-0.2, 0) is 9.53 Å². The molecule has 0 amide bonds. The zero-order chi connectivity index (χ0) is 11.2. The minimum Gasteiger partial charge on any atom is -0.469 e. The Labute approximate surface area is 87.2 Å². The van der Waals surface area contributed by atoms with Gasteiger partial charge in [-0.3, -0.25) is 4.79 Å². The van der Waals surface area contributed by atoms with Gasteiger partial charge in [0.2, 0.25) is 0 Å². The first kappa shape index (κ1) is 13.4. The lowest BCUT2D eigenvalue weighted by Gasteiger charge is -2.22. The molecule has 0 spiro atoms. The molecule has 3 nitrogen and oxygen atoms in total. The summed E-state index contributed by atoms with van der Waals surface area (Å²) >= 11 is 0. The molecule has 0 aliphatic heterocycles. The van der Waals surface area contributed by atoms with E-state index in [0.717, 1.165) is 13.0 Å². The van der Waals surface area contributed by atoms with Gasteiger partial charge >= 0.3 is 5.97 Å². The standard InChI is InChI=1S/C11H23NO2/c1-6-9(2)7-12-8-11(3,4)10(13)14-5/h9,12H,6-8H2,1-5H3. The van der Waals surface area contributed by atoms with Gasteiger partial charge in [-0.1, -0.05) is 20.3 Å². The van der Waals surface area contributed by atoms with Crippen LogP contribution in [0.3, 0.4) is 0 Å². The SMILES string of the molecule is CCC(C)CNCC(C)(C)C(=O)OC. The molecule has 0 aliphatic rings. The minimum absolute atomic E-state index is 0.158. The lowest BCUT2D eigenvalue weighted by Crippen LogP contribution is -2.38. The largest absolute Gasteiger partial charge is 0.469 e. The third kappa shape index (κ3) is 4.61. The van der Waals surface area contributed by atoms with E-state index in [4.69, 9.17) is 4.74 Å². The van der Waals surface area contributed by atoms with Gasteiger partial charge in [0.05, 0.1) is 12.5 Å². The van der Waals surface area contributed by atoms with Gasteiger partial charge in [-0.2, -0.15) is 0 Å². The molecule has 0 rings (SSSR count). The van der Waals surface area contributed by atoms with Crippen LogP contribution in [0.5, 0.6) is 0 Å². The van der Waals surface area contributed by atoms with Gasteiger partial charge in [-0.25, -0.2) is 0 Å². The third-order valence-corrected chi connectivity index (χ3v) is 2.49. The molecule has 84 valence electrons. The molecule has 0 heterocycles. The number of methoxy groups -OCH3 is 1. The molecule has 0 saturated heterocycles. The molecule has 0 aliphatic carbocycles. The Bertz CT molecular complexity index is 178. The second-order valence-electron chi connectivity index (χ2n) is 4.52. The fourth-order valence-electron chi connectivity index (χ4n) is 1.12. The van der Waals surface area contributed by atoms with Crippen molar-refractivity contribution in [2.24, 2.45) is 11.3 Å². The van der Waals surface area contributed by atoms with E-state index in [1.807, 2.05) is 13.8 Å². The summed E-state index contributed by atoms with van der Waals surface area (Å²) in [5.41, 5.74) is -0.428. The Morgan fingerprint density at radius 2 is 2.07 bits per heavy atom. The molecule has 0 aromatic rings. The Kier molecular flexibility index (Phi) is 5.77. The maximum Gasteiger partial charge on any atom is 0.312 e. The average Bonchev–Trinajstić information content (AvgIpc) is 2.15. The number of esters is 1. The van der Waals surface area contributed by atoms with Crippen LogP contribution in [0.25, 0.3) is 0 Å². The number of hydrogen-bond donors (Lipinski definition) is 1. The molecule has 0 aromatic heterocycles. The summed E-state index contributed by atoms with van der Waals surface area (Å²) in [5, 5.41) is 3.29. The van der Waals surface area contributed by atoms with Crippen molar-refractivity contribution in [1.82, 2.24) is 5.32 Å². The first-order valence-corrected chi connectivity index (χ1v) is 5.23. The van der Waals surface area contributed by atoms with Crippen molar-refractivity contribution in [3.8, 4) is 0 Å². The molecular formula is C11H23NO2. The Hall–Kier alpha value is -0.570. The predicted molar refractivity (Wildman–Crippen MR) is 58.1 cm³/mol. The fourth-order valence-corrected chi connectivity index (χ4v) is 1.12. The van der Waals surface area contributed by atoms with Crippen molar-refractivity contribution in [2.45, 2.75) is 34.1 Å². The van der Waals surface area contributed by atoms with E-state index in [-0.39, 0.29) is 5.97 Å². The fraction of sp³-hybridized carbons (Fsp3) is 0.909. The van der Waals surface area contributed by atoms with Gasteiger partial charge in [-0.15, -0.1) is 0 Å². The van der Waals surface area contributed by atoms with E-state index in [9.17, 15) is 4.79 Å². The van der Waals surface area contributed by atoms with E-state index in [2.05, 4.69) is 19.2 Å². The van der Waals surface area contributed by atoms with Crippen LogP contribution in [-0.4, -0.2) is 26.2 Å². The molecule has 0 saturated carbocycles. The van der Waals surface area contributed by atoms with Gasteiger partial charge < -0.3 is 10.1 Å². The normalized spacial score (nSPS) is 13.8. The van der Waals surface area contributed by atoms with E-state index in [1.54, 1.807) is 0 Å². The van der Waals surface area contributed by atoms with E-state index < -0.39 is 5.41 Å². The summed E-state index contributed by atoms with van der Waals surface area (Å²) in [6.07, 6.45) is 1.16. The molecular weight excluding hydrogens is 178 g/mol. The Morgan fingerprint density at radius 3 is 2.50 bits per heavy atom. The smallest absolute Gasteiger partial charge is 0.312 e. The van der Waals surface area contributed by atoms with Gasteiger partial charge in [0.25, 0.3) is 0 Å². The monoisotopic (exact) mass is 201 g/mol. The number of ether oxygens (including phenoxy) is 1. The maximum absolute atomic E-state index is 11.3. The van der Waals surface area contributed by atoms with Crippen LogP contribution in [0.2, 0.25) is 0 Å². The summed E-state index contributed by atoms with van der Waals surface area (Å²) in [6, 6.07) is 0. The van der Waals surface area contributed by atoms with Gasteiger partial charge in [-0.05, 0) is 26.3 Å². The zero-order valence-corrected chi connectivity index (χ0v) is 10.0. The van der Waals surface area contributed by atoms with Crippen molar-refractivity contribution < 1.29 is 9.53 Å². The number of carbonyl (C=O) groups excluding carboxylic acids is 1. The highest BCUT2D eigenvalue weighted by atomic mass is 16.5. The number of nitrogens with one attached hydrogen (secondary N) is 1. The summed E-state index contributed by atoms with van der Waals surface area (Å²) in [5.74, 6) is 0.498. The summed E-state index contributed by atoms with van der Waals surface area (Å²) in [4.78, 5) is 11.3. The molecule has 14 heavy (non-hydrogen) atoms. The lowest BCUT2D eigenvalue weighted by atomic mass is 9.93. The van der Waals surface area contributed by atoms with Crippen molar-refractivity contribution in [2.75, 3.05) is 20.2 Å². The van der Waals surface area contributed by atoms with Gasteiger partial charge in [0.1, 0.15) is 0 Å². The third-order valence-electron chi connectivity index (χ3n) is 2.49. The number of rotatable bonds is 6. The highest BCUT2D eigenvalue weighted by Crippen LogP contribution is 2.15. The molecule has 0 fully saturated rings. The molecule has 3 heteroatoms. The zero-order valence-electron chi connectivity index (χ0n) is 10.0. The van der Waals surface area contributed by atoms with Crippen LogP contribution < -0.4 is 5.32 Å². The van der Waals surface area contributed by atoms with Gasteiger partial charge in [0, 0.05) is 6.54 Å². The van der Waals surface area contributed by atoms with Crippen LogP contribution in [0.1, 0.15) is 34.1 Å². The lowest BCUT2D eigenvalue weighted by molar-refractivity contribution is -0.150. The van der Waals surface area contributed by atoms with Crippen LogP contribution in [0.15, 0.2) is 0 Å². The number of carbonyl (C=O) groups is 1. The molecule has 1 N–H and O–H groups in total. The Balaban J connectivity index is 3.82. The summed E-state index contributed by atoms with van der Waals surface area (Å²) < 4.78 is 4.72. The minimum atomic E-state index is -0.428. The average molecular weight is 201 g/mol. The molecule has 0 radical (unpaired) electrons. The molecule has 0 bridgehead atoms. The van der Waals surface area contributed by atoms with E-state index in [1.165, 1.54) is 7.11 Å². The van der Waals surface area contributed by atoms with Crippen molar-refractivity contribution >= 4 is 5.97 Å². The highest BCUT2D eigenvalue weighted by molar-refractivity contribution is 5.76. The molecule has 1 atom stereocenters. The first-order chi connectivity index (χ1) is 6.44. The second kappa shape index (κ2) is 6.02. The van der Waals surface area contributed by atoms with Crippen LogP contribution >= 0.6 is 0 Å². The topological polar surface area (TPSA) is 38.3 Å². The highest BCUT2D eigenvalue weighted by Gasteiger charge is 2.27. The van der Waals surface area contributed by atoms with Crippen LogP contribution in [0, 0.1) is 11.3 Å². The molecule has 0 aromatic carbocycles. The second-order valence-corrected chi connectivity index (χ2v) is 4.52. The summed E-state index contributed by atoms with van der Waals surface area (Å²) in [6.45, 7) is 9.77. The van der Waals surface area contributed by atoms with Crippen molar-refractivity contribution in [3.63, 3.8) is 0 Å². The first-order valence-electron chi connectivity index (χ1n) is 5.23. The van der Waals surface area contributed by atoms with Crippen molar-refractivity contribution in [1.29, 1.82) is 0 Å². The van der Waals surface area contributed by atoms with Crippen molar-refractivity contribution in [3.05, 3.63) is 0 Å². The number of hydrogen-bond acceptors (Lipinski definition) is 3. The summed E-state index contributed by atoms with van der Waals surface area (Å²) in [7, 11) is 1.43. The quantitative estimate of drug-likeness (QED) is 0.666.